The molecule has 0 aromatic heterocycles. The van der Waals surface area contributed by atoms with Crippen LogP contribution in [0.4, 0.5) is 11.4 Å². The summed E-state index contributed by atoms with van der Waals surface area (Å²) < 4.78 is 0. The number of rotatable bonds is 9. The number of hydrogen-bond acceptors (Lipinski definition) is 4. The first-order valence-electron chi connectivity index (χ1n) is 13.5. The molecule has 4 aromatic rings. The second-order valence-electron chi connectivity index (χ2n) is 9.83. The number of anilines is 2. The van der Waals surface area contributed by atoms with Gasteiger partial charge in [-0.1, -0.05) is 59.8 Å². The second-order valence-corrected chi connectivity index (χ2v) is 11.3. The van der Waals surface area contributed by atoms with E-state index >= 15 is 0 Å². The van der Waals surface area contributed by atoms with Crippen molar-refractivity contribution in [2.24, 2.45) is 0 Å². The van der Waals surface area contributed by atoms with E-state index in [4.69, 9.17) is 11.6 Å². The molecule has 5 rings (SSSR count). The second kappa shape index (κ2) is 12.6. The number of nitrogens with one attached hydrogen (secondary N) is 1. The molecular formula is C33H32ClN3O2S. The van der Waals surface area contributed by atoms with Gasteiger partial charge in [-0.3, -0.25) is 9.59 Å². The molecule has 0 saturated heterocycles. The van der Waals surface area contributed by atoms with Gasteiger partial charge in [0.05, 0.1) is 17.8 Å². The number of halogens is 1. The largest absolute Gasteiger partial charge is 0.372 e. The van der Waals surface area contributed by atoms with E-state index in [-0.39, 0.29) is 11.8 Å². The lowest BCUT2D eigenvalue weighted by molar-refractivity contribution is 0.0949. The predicted octanol–water partition coefficient (Wildman–Crippen LogP) is 7.61. The summed E-state index contributed by atoms with van der Waals surface area (Å²) >= 11 is 7.65. The summed E-state index contributed by atoms with van der Waals surface area (Å²) in [5, 5.41) is 3.72. The zero-order valence-corrected chi connectivity index (χ0v) is 24.3. The van der Waals surface area contributed by atoms with E-state index in [1.54, 1.807) is 16.7 Å². The van der Waals surface area contributed by atoms with Crippen molar-refractivity contribution < 1.29 is 9.59 Å². The summed E-state index contributed by atoms with van der Waals surface area (Å²) in [6.45, 7) is 6.92. The number of hydrogen-bond donors (Lipinski definition) is 1. The smallest absolute Gasteiger partial charge is 0.259 e. The normalized spacial score (nSPS) is 12.4. The first-order chi connectivity index (χ1) is 19.4. The van der Waals surface area contributed by atoms with Gasteiger partial charge in [0.15, 0.2) is 0 Å². The standard InChI is InChI=1S/C33H32ClN3O2S/c1-3-36(27-9-6-8-23(2)20-27)19-7-18-35-32(38)25-14-17-31-29(21-25)37(22-24-12-15-26(34)16-13-24)33(39)28-10-4-5-11-30(28)40-31/h4-6,8-17,20-21H,3,7,18-19,22H2,1-2H3,(H,35,38). The molecule has 1 aliphatic rings. The van der Waals surface area contributed by atoms with Crippen LogP contribution in [0.1, 0.15) is 45.2 Å². The van der Waals surface area contributed by atoms with E-state index in [1.807, 2.05) is 66.7 Å². The highest BCUT2D eigenvalue weighted by Crippen LogP contribution is 2.42. The molecule has 1 aliphatic heterocycles. The van der Waals surface area contributed by atoms with Crippen molar-refractivity contribution >= 4 is 46.6 Å². The zero-order valence-electron chi connectivity index (χ0n) is 22.7. The molecule has 0 atom stereocenters. The number of amides is 2. The molecule has 0 aliphatic carbocycles. The van der Waals surface area contributed by atoms with Gasteiger partial charge in [0.1, 0.15) is 0 Å². The Kier molecular flexibility index (Phi) is 8.78. The third-order valence-corrected chi connectivity index (χ3v) is 8.38. The van der Waals surface area contributed by atoms with Crippen LogP contribution < -0.4 is 15.1 Å². The van der Waals surface area contributed by atoms with Gasteiger partial charge in [0.2, 0.25) is 0 Å². The molecule has 0 saturated carbocycles. The van der Waals surface area contributed by atoms with Gasteiger partial charge in [0, 0.05) is 45.7 Å². The Hall–Kier alpha value is -3.74. The van der Waals surface area contributed by atoms with Gasteiger partial charge in [-0.25, -0.2) is 0 Å². The van der Waals surface area contributed by atoms with E-state index in [1.165, 1.54) is 11.3 Å². The van der Waals surface area contributed by atoms with Crippen molar-refractivity contribution in [3.8, 4) is 0 Å². The van der Waals surface area contributed by atoms with Gasteiger partial charge in [0.25, 0.3) is 11.8 Å². The third kappa shape index (κ3) is 6.35. The molecule has 0 radical (unpaired) electrons. The Bertz CT molecular complexity index is 1520. The van der Waals surface area contributed by atoms with Crippen LogP contribution in [-0.4, -0.2) is 31.4 Å². The molecule has 4 aromatic carbocycles. The van der Waals surface area contributed by atoms with Crippen LogP contribution in [0.2, 0.25) is 5.02 Å². The summed E-state index contributed by atoms with van der Waals surface area (Å²) in [4.78, 5) is 32.9. The van der Waals surface area contributed by atoms with E-state index in [0.717, 1.165) is 40.6 Å². The van der Waals surface area contributed by atoms with E-state index in [9.17, 15) is 9.59 Å². The summed E-state index contributed by atoms with van der Waals surface area (Å²) in [6, 6.07) is 29.2. The fraction of sp³-hybridized carbons (Fsp3) is 0.212. The fourth-order valence-corrected chi connectivity index (χ4v) is 6.04. The first kappa shape index (κ1) is 27.8. The lowest BCUT2D eigenvalue weighted by atomic mass is 10.1. The molecule has 0 spiro atoms. The van der Waals surface area contributed by atoms with E-state index in [0.29, 0.717) is 29.2 Å². The molecule has 0 unspecified atom stereocenters. The average Bonchev–Trinajstić information content (AvgIpc) is 3.08. The van der Waals surface area contributed by atoms with Crippen molar-refractivity contribution in [1.82, 2.24) is 5.32 Å². The summed E-state index contributed by atoms with van der Waals surface area (Å²) in [6.07, 6.45) is 0.824. The molecular weight excluding hydrogens is 538 g/mol. The average molecular weight is 570 g/mol. The van der Waals surface area contributed by atoms with Crippen LogP contribution in [-0.2, 0) is 6.54 Å². The van der Waals surface area contributed by atoms with Crippen LogP contribution in [0.15, 0.2) is 101 Å². The maximum absolute atomic E-state index is 13.8. The lowest BCUT2D eigenvalue weighted by Crippen LogP contribution is -2.31. The topological polar surface area (TPSA) is 52.7 Å². The quantitative estimate of drug-likeness (QED) is 0.211. The summed E-state index contributed by atoms with van der Waals surface area (Å²) in [7, 11) is 0. The number of aryl methyl sites for hydroxylation is 1. The highest BCUT2D eigenvalue weighted by atomic mass is 35.5. The van der Waals surface area contributed by atoms with E-state index < -0.39 is 0 Å². The molecule has 5 nitrogen and oxygen atoms in total. The van der Waals surface area contributed by atoms with Crippen molar-refractivity contribution in [1.29, 1.82) is 0 Å². The Balaban J connectivity index is 1.33. The summed E-state index contributed by atoms with van der Waals surface area (Å²) in [5.41, 5.74) is 5.30. The van der Waals surface area contributed by atoms with Gasteiger partial charge in [-0.05, 0) is 86.0 Å². The fourth-order valence-electron chi connectivity index (χ4n) is 4.86. The van der Waals surface area contributed by atoms with Crippen LogP contribution >= 0.6 is 23.4 Å². The Morgan fingerprint density at radius 1 is 0.950 bits per heavy atom. The lowest BCUT2D eigenvalue weighted by Gasteiger charge is -2.24. The molecule has 1 heterocycles. The monoisotopic (exact) mass is 569 g/mol. The molecule has 0 bridgehead atoms. The van der Waals surface area contributed by atoms with E-state index in [2.05, 4.69) is 48.3 Å². The highest BCUT2D eigenvalue weighted by Gasteiger charge is 2.28. The highest BCUT2D eigenvalue weighted by molar-refractivity contribution is 7.99. The minimum Gasteiger partial charge on any atom is -0.372 e. The van der Waals surface area contributed by atoms with Crippen molar-refractivity contribution in [3.63, 3.8) is 0 Å². The van der Waals surface area contributed by atoms with Gasteiger partial charge >= 0.3 is 0 Å². The maximum atomic E-state index is 13.8. The molecule has 40 heavy (non-hydrogen) atoms. The molecule has 1 N–H and O–H groups in total. The molecule has 2 amide bonds. The number of carbonyl (C=O) groups excluding carboxylic acids is 2. The first-order valence-corrected chi connectivity index (χ1v) is 14.7. The Morgan fingerprint density at radius 3 is 2.52 bits per heavy atom. The zero-order chi connectivity index (χ0) is 28.1. The van der Waals surface area contributed by atoms with Gasteiger partial charge in [-0.15, -0.1) is 0 Å². The van der Waals surface area contributed by atoms with Crippen LogP contribution in [0.25, 0.3) is 0 Å². The van der Waals surface area contributed by atoms with Crippen LogP contribution in [0.3, 0.4) is 0 Å². The minimum absolute atomic E-state index is 0.0924. The Labute approximate surface area is 245 Å². The number of carbonyl (C=O) groups is 2. The Morgan fingerprint density at radius 2 is 1.75 bits per heavy atom. The number of benzene rings is 4. The van der Waals surface area contributed by atoms with Gasteiger partial charge < -0.3 is 15.1 Å². The number of nitrogens with zero attached hydrogens (tertiary/aromatic N) is 2. The molecule has 204 valence electrons. The maximum Gasteiger partial charge on any atom is 0.259 e. The predicted molar refractivity (Wildman–Crippen MR) is 165 cm³/mol. The van der Waals surface area contributed by atoms with Crippen LogP contribution in [0, 0.1) is 6.92 Å². The molecule has 7 heteroatoms. The van der Waals surface area contributed by atoms with Crippen molar-refractivity contribution in [3.05, 3.63) is 118 Å². The third-order valence-electron chi connectivity index (χ3n) is 6.99. The van der Waals surface area contributed by atoms with Crippen molar-refractivity contribution in [2.75, 3.05) is 29.4 Å². The minimum atomic E-state index is -0.146. The molecule has 0 fully saturated rings. The summed E-state index contributed by atoms with van der Waals surface area (Å²) in [5.74, 6) is -0.239. The van der Waals surface area contributed by atoms with Crippen LogP contribution in [0.5, 0.6) is 0 Å². The number of fused-ring (bicyclic) bond motifs is 2. The van der Waals surface area contributed by atoms with Crippen molar-refractivity contribution in [2.45, 2.75) is 36.6 Å². The SMILES string of the molecule is CCN(CCCNC(=O)c1ccc2c(c1)N(Cc1ccc(Cl)cc1)C(=O)c1ccccc1S2)c1cccc(C)c1. The van der Waals surface area contributed by atoms with Gasteiger partial charge in [-0.2, -0.15) is 0 Å².